The summed E-state index contributed by atoms with van der Waals surface area (Å²) in [5.74, 6) is 0. The molecule has 0 amide bonds. The van der Waals surface area contributed by atoms with Crippen LogP contribution in [-0.4, -0.2) is 34.2 Å². The van der Waals surface area contributed by atoms with Crippen molar-refractivity contribution in [2.45, 2.75) is 38.2 Å². The monoisotopic (exact) mass is 300 g/mol. The van der Waals surface area contributed by atoms with E-state index in [2.05, 4.69) is 10.0 Å². The third-order valence-electron chi connectivity index (χ3n) is 2.59. The molecule has 0 saturated carbocycles. The Bertz CT molecular complexity index is 501. The van der Waals surface area contributed by atoms with Gasteiger partial charge in [-0.3, -0.25) is 0 Å². The molecule has 0 heterocycles. The van der Waals surface area contributed by atoms with Crippen molar-refractivity contribution in [3.8, 4) is 0 Å². The minimum absolute atomic E-state index is 0.169. The Labute approximate surface area is 121 Å². The van der Waals surface area contributed by atoms with Crippen LogP contribution < -0.4 is 10.0 Å². The SMILES string of the molecule is CCCNS(=O)(=O)c1ccccc1NCCOC(C)C. The predicted octanol–water partition coefficient (Wildman–Crippen LogP) is 2.21. The van der Waals surface area contributed by atoms with Crippen LogP contribution in [0, 0.1) is 0 Å². The Morgan fingerprint density at radius 2 is 1.90 bits per heavy atom. The average Bonchev–Trinajstić information content (AvgIpc) is 2.41. The fourth-order valence-electron chi connectivity index (χ4n) is 1.64. The molecule has 0 aliphatic rings. The van der Waals surface area contributed by atoms with E-state index < -0.39 is 10.0 Å². The van der Waals surface area contributed by atoms with Gasteiger partial charge in [0.15, 0.2) is 0 Å². The molecule has 1 aromatic rings. The number of benzene rings is 1. The normalized spacial score (nSPS) is 11.8. The fourth-order valence-corrected chi connectivity index (χ4v) is 2.96. The molecule has 20 heavy (non-hydrogen) atoms. The number of hydrogen-bond acceptors (Lipinski definition) is 4. The fraction of sp³-hybridized carbons (Fsp3) is 0.571. The molecule has 0 unspecified atom stereocenters. The van der Waals surface area contributed by atoms with Crippen molar-refractivity contribution in [1.29, 1.82) is 0 Å². The third kappa shape index (κ3) is 5.48. The van der Waals surface area contributed by atoms with Gasteiger partial charge in [0.1, 0.15) is 4.90 Å². The number of anilines is 1. The largest absolute Gasteiger partial charge is 0.382 e. The molecule has 0 aromatic heterocycles. The van der Waals surface area contributed by atoms with Crippen LogP contribution in [0.25, 0.3) is 0 Å². The molecule has 5 nitrogen and oxygen atoms in total. The lowest BCUT2D eigenvalue weighted by Crippen LogP contribution is -2.25. The van der Waals surface area contributed by atoms with E-state index in [4.69, 9.17) is 4.74 Å². The average molecular weight is 300 g/mol. The first-order chi connectivity index (χ1) is 9.47. The van der Waals surface area contributed by atoms with E-state index in [-0.39, 0.29) is 11.0 Å². The summed E-state index contributed by atoms with van der Waals surface area (Å²) in [6.45, 7) is 7.40. The standard InChI is InChI=1S/C14H24N2O3S/c1-4-9-16-20(17,18)14-8-6-5-7-13(14)15-10-11-19-12(2)3/h5-8,12,15-16H,4,9-11H2,1-3H3. The third-order valence-corrected chi connectivity index (χ3v) is 4.11. The molecule has 1 aromatic carbocycles. The van der Waals surface area contributed by atoms with Gasteiger partial charge in [0.2, 0.25) is 10.0 Å². The van der Waals surface area contributed by atoms with E-state index >= 15 is 0 Å². The van der Waals surface area contributed by atoms with Crippen LogP contribution in [-0.2, 0) is 14.8 Å². The van der Waals surface area contributed by atoms with Crippen LogP contribution >= 0.6 is 0 Å². The molecule has 0 radical (unpaired) electrons. The number of nitrogens with one attached hydrogen (secondary N) is 2. The lowest BCUT2D eigenvalue weighted by atomic mass is 10.3. The Morgan fingerprint density at radius 1 is 1.20 bits per heavy atom. The van der Waals surface area contributed by atoms with Crippen LogP contribution in [0.3, 0.4) is 0 Å². The summed E-state index contributed by atoms with van der Waals surface area (Å²) in [6, 6.07) is 6.89. The molecule has 0 aliphatic carbocycles. The highest BCUT2D eigenvalue weighted by Gasteiger charge is 2.16. The van der Waals surface area contributed by atoms with Crippen LogP contribution in [0.5, 0.6) is 0 Å². The highest BCUT2D eigenvalue weighted by Crippen LogP contribution is 2.20. The quantitative estimate of drug-likeness (QED) is 0.686. The molecule has 114 valence electrons. The second kappa shape index (κ2) is 8.24. The van der Waals surface area contributed by atoms with Gasteiger partial charge in [-0.15, -0.1) is 0 Å². The zero-order valence-corrected chi connectivity index (χ0v) is 13.2. The van der Waals surface area contributed by atoms with Crippen molar-refractivity contribution in [3.05, 3.63) is 24.3 Å². The highest BCUT2D eigenvalue weighted by molar-refractivity contribution is 7.89. The molecule has 0 aliphatic heterocycles. The minimum atomic E-state index is -3.46. The van der Waals surface area contributed by atoms with Gasteiger partial charge in [0.05, 0.1) is 18.4 Å². The Hall–Kier alpha value is -1.11. The maximum Gasteiger partial charge on any atom is 0.242 e. The van der Waals surface area contributed by atoms with Crippen molar-refractivity contribution in [1.82, 2.24) is 4.72 Å². The van der Waals surface area contributed by atoms with Gasteiger partial charge < -0.3 is 10.1 Å². The molecule has 0 fully saturated rings. The number of para-hydroxylation sites is 1. The van der Waals surface area contributed by atoms with Gasteiger partial charge in [-0.2, -0.15) is 0 Å². The maximum atomic E-state index is 12.2. The Morgan fingerprint density at radius 3 is 2.55 bits per heavy atom. The molecule has 0 atom stereocenters. The van der Waals surface area contributed by atoms with Crippen LogP contribution in [0.2, 0.25) is 0 Å². The molecule has 0 saturated heterocycles. The Kier molecular flexibility index (Phi) is 6.98. The van der Waals surface area contributed by atoms with E-state index in [0.29, 0.717) is 25.4 Å². The smallest absolute Gasteiger partial charge is 0.242 e. The van der Waals surface area contributed by atoms with Crippen molar-refractivity contribution in [2.75, 3.05) is 25.0 Å². The zero-order chi connectivity index (χ0) is 15.0. The molecule has 1 rings (SSSR count). The number of rotatable bonds is 9. The molecule has 0 spiro atoms. The first kappa shape index (κ1) is 16.9. The second-order valence-corrected chi connectivity index (χ2v) is 6.48. The summed E-state index contributed by atoms with van der Waals surface area (Å²) in [5.41, 5.74) is 0.600. The lowest BCUT2D eigenvalue weighted by Gasteiger charge is -2.14. The molecular formula is C14H24N2O3S. The van der Waals surface area contributed by atoms with E-state index in [0.717, 1.165) is 6.42 Å². The number of ether oxygens (including phenoxy) is 1. The molecular weight excluding hydrogens is 276 g/mol. The van der Waals surface area contributed by atoms with Crippen molar-refractivity contribution in [3.63, 3.8) is 0 Å². The number of sulfonamides is 1. The minimum Gasteiger partial charge on any atom is -0.382 e. The molecule has 2 N–H and O–H groups in total. The summed E-state index contributed by atoms with van der Waals surface area (Å²) in [6.07, 6.45) is 0.929. The molecule has 6 heteroatoms. The first-order valence-corrected chi connectivity index (χ1v) is 8.40. The van der Waals surface area contributed by atoms with Crippen molar-refractivity contribution >= 4 is 15.7 Å². The Balaban J connectivity index is 2.73. The lowest BCUT2D eigenvalue weighted by molar-refractivity contribution is 0.0870. The van der Waals surface area contributed by atoms with Crippen LogP contribution in [0.15, 0.2) is 29.2 Å². The topological polar surface area (TPSA) is 67.4 Å². The summed E-state index contributed by atoms with van der Waals surface area (Å²) in [4.78, 5) is 0.276. The van der Waals surface area contributed by atoms with Gasteiger partial charge in [-0.05, 0) is 32.4 Å². The summed E-state index contributed by atoms with van der Waals surface area (Å²) in [7, 11) is -3.46. The molecule has 0 bridgehead atoms. The van der Waals surface area contributed by atoms with Crippen molar-refractivity contribution in [2.24, 2.45) is 0 Å². The van der Waals surface area contributed by atoms with Crippen LogP contribution in [0.4, 0.5) is 5.69 Å². The summed E-state index contributed by atoms with van der Waals surface area (Å²) in [5, 5.41) is 3.11. The summed E-state index contributed by atoms with van der Waals surface area (Å²) < 4.78 is 32.3. The van der Waals surface area contributed by atoms with Gasteiger partial charge in [0.25, 0.3) is 0 Å². The van der Waals surface area contributed by atoms with Gasteiger partial charge in [-0.1, -0.05) is 19.1 Å². The van der Waals surface area contributed by atoms with Crippen LogP contribution in [0.1, 0.15) is 27.2 Å². The first-order valence-electron chi connectivity index (χ1n) is 6.91. The van der Waals surface area contributed by atoms with Gasteiger partial charge in [0, 0.05) is 13.1 Å². The second-order valence-electron chi connectivity index (χ2n) is 4.74. The zero-order valence-electron chi connectivity index (χ0n) is 12.3. The van der Waals surface area contributed by atoms with Crippen molar-refractivity contribution < 1.29 is 13.2 Å². The predicted molar refractivity (Wildman–Crippen MR) is 81.5 cm³/mol. The highest BCUT2D eigenvalue weighted by atomic mass is 32.2. The number of hydrogen-bond donors (Lipinski definition) is 2. The van der Waals surface area contributed by atoms with E-state index in [1.165, 1.54) is 0 Å². The maximum absolute atomic E-state index is 12.2. The van der Waals surface area contributed by atoms with Gasteiger partial charge >= 0.3 is 0 Å². The summed E-state index contributed by atoms with van der Waals surface area (Å²) >= 11 is 0. The van der Waals surface area contributed by atoms with E-state index in [1.807, 2.05) is 26.8 Å². The van der Waals surface area contributed by atoms with E-state index in [1.54, 1.807) is 18.2 Å². The van der Waals surface area contributed by atoms with Gasteiger partial charge in [-0.25, -0.2) is 13.1 Å². The van der Waals surface area contributed by atoms with E-state index in [9.17, 15) is 8.42 Å².